The Balaban J connectivity index is 2.08. The second-order valence-electron chi connectivity index (χ2n) is 2.66. The Bertz CT molecular complexity index is 183. The fraction of sp³-hybridized carbons (Fsp3) is 0.833. The molecular weight excluding hydrogens is 150 g/mol. The standard InChI is InChI=1S/C6H9NO4/c8-6(9)5-3-1-7-2-4(10-3)11-5/h3-5,7H,1-2H2,(H,8,9)/t3-,4-,5-/m0/s1. The van der Waals surface area contributed by atoms with Crippen LogP contribution in [0.3, 0.4) is 0 Å². The molecular formula is C6H9NO4. The third kappa shape index (κ3) is 1.11. The van der Waals surface area contributed by atoms with E-state index in [-0.39, 0.29) is 12.4 Å². The first-order chi connectivity index (χ1) is 5.27. The lowest BCUT2D eigenvalue weighted by Crippen LogP contribution is -2.42. The molecule has 0 amide bonds. The van der Waals surface area contributed by atoms with E-state index in [4.69, 9.17) is 14.6 Å². The molecule has 11 heavy (non-hydrogen) atoms. The molecule has 0 unspecified atom stereocenters. The molecule has 5 nitrogen and oxygen atoms in total. The summed E-state index contributed by atoms with van der Waals surface area (Å²) in [7, 11) is 0. The number of hydrogen-bond donors (Lipinski definition) is 2. The fourth-order valence-electron chi connectivity index (χ4n) is 1.36. The maximum atomic E-state index is 10.5. The van der Waals surface area contributed by atoms with Crippen molar-refractivity contribution in [1.82, 2.24) is 5.32 Å². The highest BCUT2D eigenvalue weighted by Gasteiger charge is 2.43. The summed E-state index contributed by atoms with van der Waals surface area (Å²) < 4.78 is 10.3. The number of hydrogen-bond acceptors (Lipinski definition) is 4. The summed E-state index contributed by atoms with van der Waals surface area (Å²) >= 11 is 0. The zero-order valence-corrected chi connectivity index (χ0v) is 5.82. The smallest absolute Gasteiger partial charge is 0.335 e. The van der Waals surface area contributed by atoms with Crippen molar-refractivity contribution in [3.05, 3.63) is 0 Å². The largest absolute Gasteiger partial charge is 0.479 e. The molecule has 0 aromatic rings. The van der Waals surface area contributed by atoms with Crippen molar-refractivity contribution in [1.29, 1.82) is 0 Å². The van der Waals surface area contributed by atoms with Gasteiger partial charge in [-0.15, -0.1) is 0 Å². The molecule has 2 aliphatic heterocycles. The molecule has 2 bridgehead atoms. The minimum atomic E-state index is -0.943. The maximum Gasteiger partial charge on any atom is 0.335 e. The van der Waals surface area contributed by atoms with Crippen LogP contribution in [0.2, 0.25) is 0 Å². The van der Waals surface area contributed by atoms with Crippen LogP contribution in [0, 0.1) is 0 Å². The number of rotatable bonds is 1. The molecule has 2 rings (SSSR count). The number of ether oxygens (including phenoxy) is 2. The Hall–Kier alpha value is -0.650. The van der Waals surface area contributed by atoms with Crippen LogP contribution < -0.4 is 5.32 Å². The predicted octanol–water partition coefficient (Wildman–Crippen LogP) is -1.22. The van der Waals surface area contributed by atoms with Gasteiger partial charge < -0.3 is 19.9 Å². The van der Waals surface area contributed by atoms with Gasteiger partial charge in [0.05, 0.1) is 0 Å². The number of morpholine rings is 1. The Morgan fingerprint density at radius 1 is 1.45 bits per heavy atom. The third-order valence-corrected chi connectivity index (χ3v) is 1.86. The number of carbonyl (C=O) groups is 1. The van der Waals surface area contributed by atoms with E-state index in [1.807, 2.05) is 0 Å². The molecule has 62 valence electrons. The second kappa shape index (κ2) is 2.44. The predicted molar refractivity (Wildman–Crippen MR) is 34.0 cm³/mol. The van der Waals surface area contributed by atoms with Crippen molar-refractivity contribution in [3.8, 4) is 0 Å². The lowest BCUT2D eigenvalue weighted by molar-refractivity contribution is -0.149. The number of fused-ring (bicyclic) bond motifs is 2. The minimum Gasteiger partial charge on any atom is -0.479 e. The first kappa shape index (κ1) is 7.02. The van der Waals surface area contributed by atoms with Crippen molar-refractivity contribution in [2.24, 2.45) is 0 Å². The minimum absolute atomic E-state index is 0.314. The molecule has 2 saturated heterocycles. The van der Waals surface area contributed by atoms with Crippen LogP contribution in [0.25, 0.3) is 0 Å². The van der Waals surface area contributed by atoms with E-state index in [9.17, 15) is 4.79 Å². The number of aliphatic carboxylic acids is 1. The van der Waals surface area contributed by atoms with Gasteiger partial charge in [0.25, 0.3) is 0 Å². The summed E-state index contributed by atoms with van der Waals surface area (Å²) in [5, 5.41) is 11.6. The van der Waals surface area contributed by atoms with Crippen molar-refractivity contribution in [3.63, 3.8) is 0 Å². The molecule has 0 spiro atoms. The second-order valence-corrected chi connectivity index (χ2v) is 2.66. The van der Waals surface area contributed by atoms with Crippen LogP contribution in [-0.4, -0.2) is 42.7 Å². The summed E-state index contributed by atoms with van der Waals surface area (Å²) in [5.74, 6) is -0.943. The molecule has 0 radical (unpaired) electrons. The van der Waals surface area contributed by atoms with Gasteiger partial charge in [0.1, 0.15) is 6.10 Å². The average Bonchev–Trinajstić information content (AvgIpc) is 2.27. The first-order valence-electron chi connectivity index (χ1n) is 3.52. The Labute approximate surface area is 63.3 Å². The molecule has 2 heterocycles. The fourth-order valence-corrected chi connectivity index (χ4v) is 1.36. The van der Waals surface area contributed by atoms with Gasteiger partial charge >= 0.3 is 5.97 Å². The SMILES string of the molecule is O=C(O)[C@H]1O[C@H]2CNC[C@@H]1O2. The summed E-state index contributed by atoms with van der Waals surface area (Å²) in [4.78, 5) is 10.5. The van der Waals surface area contributed by atoms with Gasteiger partial charge in [-0.05, 0) is 0 Å². The summed E-state index contributed by atoms with van der Waals surface area (Å²) in [6, 6.07) is 0. The maximum absolute atomic E-state index is 10.5. The molecule has 2 N–H and O–H groups in total. The van der Waals surface area contributed by atoms with Gasteiger partial charge in [-0.25, -0.2) is 4.79 Å². The van der Waals surface area contributed by atoms with Gasteiger partial charge in [0, 0.05) is 13.1 Å². The zero-order chi connectivity index (χ0) is 7.84. The molecule has 0 aromatic heterocycles. The highest BCUT2D eigenvalue weighted by atomic mass is 16.7. The molecule has 3 atom stereocenters. The first-order valence-corrected chi connectivity index (χ1v) is 3.52. The highest BCUT2D eigenvalue weighted by molar-refractivity contribution is 5.73. The van der Waals surface area contributed by atoms with E-state index in [2.05, 4.69) is 5.32 Å². The molecule has 5 heteroatoms. The van der Waals surface area contributed by atoms with Crippen LogP contribution in [0.4, 0.5) is 0 Å². The lowest BCUT2D eigenvalue weighted by Gasteiger charge is -2.18. The van der Waals surface area contributed by atoms with Crippen LogP contribution >= 0.6 is 0 Å². The molecule has 0 saturated carbocycles. The zero-order valence-electron chi connectivity index (χ0n) is 5.82. The Kier molecular flexibility index (Phi) is 1.56. The summed E-state index contributed by atoms with van der Waals surface area (Å²) in [5.41, 5.74) is 0. The summed E-state index contributed by atoms with van der Waals surface area (Å²) in [6.07, 6.45) is -1.46. The van der Waals surface area contributed by atoms with Crippen molar-refractivity contribution in [2.75, 3.05) is 13.1 Å². The quantitative estimate of drug-likeness (QED) is 0.502. The molecule has 2 aliphatic rings. The van der Waals surface area contributed by atoms with E-state index in [1.165, 1.54) is 0 Å². The van der Waals surface area contributed by atoms with E-state index >= 15 is 0 Å². The van der Waals surface area contributed by atoms with Gasteiger partial charge in [0.15, 0.2) is 12.4 Å². The average molecular weight is 159 g/mol. The topological polar surface area (TPSA) is 67.8 Å². The van der Waals surface area contributed by atoms with Gasteiger partial charge in [-0.3, -0.25) is 0 Å². The van der Waals surface area contributed by atoms with Gasteiger partial charge in [0.2, 0.25) is 0 Å². The Morgan fingerprint density at radius 2 is 2.27 bits per heavy atom. The molecule has 0 aromatic carbocycles. The van der Waals surface area contributed by atoms with Gasteiger partial charge in [-0.1, -0.05) is 0 Å². The van der Waals surface area contributed by atoms with E-state index in [0.29, 0.717) is 13.1 Å². The molecule has 0 aliphatic carbocycles. The third-order valence-electron chi connectivity index (χ3n) is 1.86. The van der Waals surface area contributed by atoms with E-state index < -0.39 is 12.1 Å². The van der Waals surface area contributed by atoms with Crippen LogP contribution in [-0.2, 0) is 14.3 Å². The summed E-state index contributed by atoms with van der Waals surface area (Å²) in [6.45, 7) is 1.15. The number of carboxylic acid groups (broad SMARTS) is 1. The lowest BCUT2D eigenvalue weighted by atomic mass is 10.2. The van der Waals surface area contributed by atoms with Crippen molar-refractivity contribution < 1.29 is 19.4 Å². The highest BCUT2D eigenvalue weighted by Crippen LogP contribution is 2.21. The van der Waals surface area contributed by atoms with Crippen molar-refractivity contribution >= 4 is 5.97 Å². The van der Waals surface area contributed by atoms with E-state index in [1.54, 1.807) is 0 Å². The van der Waals surface area contributed by atoms with Crippen LogP contribution in [0.5, 0.6) is 0 Å². The Morgan fingerprint density at radius 3 is 2.91 bits per heavy atom. The normalized spacial score (nSPS) is 42.4. The number of carboxylic acids is 1. The molecule has 2 fully saturated rings. The van der Waals surface area contributed by atoms with E-state index in [0.717, 1.165) is 0 Å². The van der Waals surface area contributed by atoms with Crippen LogP contribution in [0.15, 0.2) is 0 Å². The number of nitrogens with one attached hydrogen (secondary N) is 1. The monoisotopic (exact) mass is 159 g/mol. The van der Waals surface area contributed by atoms with Crippen LogP contribution in [0.1, 0.15) is 0 Å². The van der Waals surface area contributed by atoms with Crippen molar-refractivity contribution in [2.45, 2.75) is 18.5 Å². The van der Waals surface area contributed by atoms with Gasteiger partial charge in [-0.2, -0.15) is 0 Å².